The maximum Gasteiger partial charge on any atom is 0.243 e. The number of nitrogens with two attached hydrogens (primary N) is 1. The van der Waals surface area contributed by atoms with Crippen molar-refractivity contribution >= 4 is 86.1 Å². The molecule has 0 spiro atoms. The molecule has 5 rings (SSSR count). The first-order chi connectivity index (χ1) is 35.5. The summed E-state index contributed by atoms with van der Waals surface area (Å²) >= 11 is -1.45. The number of carbonyl (C=O) groups is 8. The molecule has 22 heteroatoms. The smallest absolute Gasteiger partial charge is 0.243 e. The lowest BCUT2D eigenvalue weighted by atomic mass is 9.97. The third kappa shape index (κ3) is 18.4. The van der Waals surface area contributed by atoms with Crippen molar-refractivity contribution in [2.75, 3.05) is 31.6 Å². The van der Waals surface area contributed by atoms with Crippen molar-refractivity contribution in [3.63, 3.8) is 0 Å². The van der Waals surface area contributed by atoms with Crippen LogP contribution in [0.25, 0.3) is 21.7 Å². The molecule has 0 saturated carbocycles. The van der Waals surface area contributed by atoms with Crippen LogP contribution in [0, 0.1) is 5.41 Å². The van der Waals surface area contributed by atoms with Gasteiger partial charge >= 0.3 is 0 Å². The Morgan fingerprint density at radius 3 is 2.07 bits per heavy atom. The minimum atomic E-state index is -1.45. The topological polar surface area (TPSA) is 334 Å². The quantitative estimate of drug-likeness (QED) is 0.0307. The molecule has 74 heavy (non-hydrogen) atoms. The zero-order valence-corrected chi connectivity index (χ0v) is 43.2. The molecule has 13 N–H and O–H groups in total. The number of nitrogens with one attached hydrogen (secondary N) is 11. The van der Waals surface area contributed by atoms with E-state index in [1.54, 1.807) is 18.3 Å². The third-order valence-corrected chi connectivity index (χ3v) is 13.5. The van der Waals surface area contributed by atoms with E-state index in [1.807, 2.05) is 61.5 Å². The van der Waals surface area contributed by atoms with Crippen molar-refractivity contribution in [1.82, 2.24) is 52.8 Å². The van der Waals surface area contributed by atoms with E-state index >= 15 is 0 Å². The maximum absolute atomic E-state index is 14.9. The Kier molecular flexibility index (Phi) is 23.0. The summed E-state index contributed by atoms with van der Waals surface area (Å²) in [5.41, 5.74) is 7.80. The van der Waals surface area contributed by atoms with Crippen LogP contribution in [0.5, 0.6) is 0 Å². The van der Waals surface area contributed by atoms with Crippen LogP contribution in [-0.4, -0.2) is 131 Å². The van der Waals surface area contributed by atoms with Crippen LogP contribution < -0.4 is 53.6 Å². The second kappa shape index (κ2) is 29.5. The number of para-hydroxylation sites is 1. The lowest BCUT2D eigenvalue weighted by molar-refractivity contribution is -0.135. The Morgan fingerprint density at radius 1 is 0.757 bits per heavy atom. The molecule has 3 aromatic carbocycles. The van der Waals surface area contributed by atoms with Crippen LogP contribution in [-0.2, 0) is 62.4 Å². The number of rotatable bonds is 17. The molecule has 1 aliphatic rings. The van der Waals surface area contributed by atoms with E-state index in [-0.39, 0.29) is 82.7 Å². The van der Waals surface area contributed by atoms with E-state index in [0.717, 1.165) is 27.2 Å². The highest BCUT2D eigenvalue weighted by Gasteiger charge is 2.35. The van der Waals surface area contributed by atoms with Gasteiger partial charge in [-0.05, 0) is 66.5 Å². The van der Waals surface area contributed by atoms with Crippen LogP contribution in [0.15, 0.2) is 72.9 Å². The highest BCUT2D eigenvalue weighted by Crippen LogP contribution is 2.22. The van der Waals surface area contributed by atoms with Crippen molar-refractivity contribution in [3.05, 3.63) is 84.1 Å². The number of aromatic amines is 1. The molecule has 8 amide bonds. The number of hydrogen-bond donors (Lipinski definition) is 12. The fourth-order valence-electron chi connectivity index (χ4n) is 8.71. The average molecular weight is 1040 g/mol. The van der Waals surface area contributed by atoms with Gasteiger partial charge in [-0.1, -0.05) is 91.6 Å². The van der Waals surface area contributed by atoms with Crippen LogP contribution >= 0.6 is 0 Å². The molecule has 1 aliphatic heterocycles. The molecular formula is C52H72N12O9S. The summed E-state index contributed by atoms with van der Waals surface area (Å²) in [6.45, 7) is 3.76. The molecule has 4 aromatic rings. The molecule has 400 valence electrons. The van der Waals surface area contributed by atoms with E-state index in [2.05, 4.69) is 52.8 Å². The maximum atomic E-state index is 14.9. The molecular weight excluding hydrogens is 969 g/mol. The van der Waals surface area contributed by atoms with Crippen LogP contribution in [0.3, 0.4) is 0 Å². The van der Waals surface area contributed by atoms with Crippen molar-refractivity contribution in [2.45, 2.75) is 127 Å². The van der Waals surface area contributed by atoms with Crippen LogP contribution in [0.4, 0.5) is 0 Å². The second-order valence-electron chi connectivity index (χ2n) is 18.5. The number of unbranched alkanes of at least 4 members (excludes halogenated alkanes) is 1. The summed E-state index contributed by atoms with van der Waals surface area (Å²) in [5, 5.41) is 35.1. The number of fused-ring (bicyclic) bond motifs is 2. The lowest BCUT2D eigenvalue weighted by Gasteiger charge is -2.28. The molecule has 0 radical (unpaired) electrons. The van der Waals surface area contributed by atoms with Gasteiger partial charge in [0.1, 0.15) is 42.0 Å². The van der Waals surface area contributed by atoms with E-state index in [9.17, 15) is 42.9 Å². The fraction of sp³-hybridized carbons (Fsp3) is 0.481. The van der Waals surface area contributed by atoms with E-state index in [0.29, 0.717) is 31.2 Å². The minimum absolute atomic E-state index is 0.00920. The van der Waals surface area contributed by atoms with Gasteiger partial charge in [-0.3, -0.25) is 43.8 Å². The van der Waals surface area contributed by atoms with Gasteiger partial charge in [-0.15, -0.1) is 0 Å². The normalized spacial score (nSPS) is 20.9. The first kappa shape index (κ1) is 57.7. The molecule has 7 atom stereocenters. The first-order valence-electron chi connectivity index (χ1n) is 25.3. The summed E-state index contributed by atoms with van der Waals surface area (Å²) in [6.07, 6.45) is 5.28. The van der Waals surface area contributed by atoms with Gasteiger partial charge in [0.2, 0.25) is 47.3 Å². The molecule has 2 heterocycles. The predicted octanol–water partition coefficient (Wildman–Crippen LogP) is 1.06. The van der Waals surface area contributed by atoms with Gasteiger partial charge in [0, 0.05) is 69.3 Å². The summed E-state index contributed by atoms with van der Waals surface area (Å²) in [6, 6.07) is 12.9. The Balaban J connectivity index is 1.54. The summed E-state index contributed by atoms with van der Waals surface area (Å²) in [4.78, 5) is 115. The van der Waals surface area contributed by atoms with Crippen molar-refractivity contribution in [2.24, 2.45) is 5.73 Å². The Morgan fingerprint density at radius 2 is 1.36 bits per heavy atom. The zero-order chi connectivity index (χ0) is 53.6. The van der Waals surface area contributed by atoms with Gasteiger partial charge in [-0.2, -0.15) is 0 Å². The van der Waals surface area contributed by atoms with Gasteiger partial charge in [0.05, 0.1) is 6.26 Å². The Bertz CT molecular complexity index is 2590. The van der Waals surface area contributed by atoms with Crippen molar-refractivity contribution in [1.29, 1.82) is 5.41 Å². The highest BCUT2D eigenvalue weighted by molar-refractivity contribution is 7.90. The second-order valence-corrected chi connectivity index (χ2v) is 20.1. The van der Waals surface area contributed by atoms with Gasteiger partial charge in [0.15, 0.2) is 5.96 Å². The number of carbonyl (C=O) groups excluding carboxylic acids is 8. The minimum Gasteiger partial charge on any atom is -0.617 e. The highest BCUT2D eigenvalue weighted by atomic mass is 32.2. The van der Waals surface area contributed by atoms with E-state index in [4.69, 9.17) is 11.1 Å². The average Bonchev–Trinajstić information content (AvgIpc) is 3.78. The molecule has 21 nitrogen and oxygen atoms in total. The van der Waals surface area contributed by atoms with Crippen LogP contribution in [0.2, 0.25) is 0 Å². The molecule has 1 unspecified atom stereocenters. The third-order valence-electron chi connectivity index (χ3n) is 12.7. The summed E-state index contributed by atoms with van der Waals surface area (Å²) in [7, 11) is 0. The van der Waals surface area contributed by atoms with Crippen molar-refractivity contribution < 1.29 is 42.9 Å². The van der Waals surface area contributed by atoms with Crippen molar-refractivity contribution in [3.8, 4) is 0 Å². The number of guanidine groups is 1. The lowest BCUT2D eigenvalue weighted by Crippen LogP contribution is -2.60. The monoisotopic (exact) mass is 1040 g/mol. The summed E-state index contributed by atoms with van der Waals surface area (Å²) in [5.74, 6) is -5.56. The Labute approximate surface area is 434 Å². The zero-order valence-electron chi connectivity index (χ0n) is 42.4. The predicted molar refractivity (Wildman–Crippen MR) is 284 cm³/mol. The standard InChI is InChI=1S/C52H72N12O9S/c1-4-5-19-39(59-32(2)65)47(68)61-41-22-23-45(66)55-25-10-11-26-56-46(67)43(30-35-31-58-38-20-9-8-18-37(35)38)63-48(69)40(21-13-27-57-52(53)54)60-51(72)44(29-34-16-12-15-33-14-6-7-17-36(33)34)64-50(71)42(62-49(41)70)24-28-74(3)73/h6-9,12,14-18,20,31,39-44,58H,4-5,10-11,13,19,21-30H2,1-3H3,(H,55,66)(H,56,67)(H,59,65)(H,60,72)(H,61,68)(H,62,70)(H,63,69)(H,64,71)(H4,53,54,57)/t39-,40+,41+,42+,43+,44-,74?/m1/s1. The first-order valence-corrected chi connectivity index (χ1v) is 27.0. The van der Waals surface area contributed by atoms with Crippen LogP contribution in [0.1, 0.15) is 89.2 Å². The van der Waals surface area contributed by atoms with E-state index in [1.165, 1.54) is 13.2 Å². The number of aromatic nitrogens is 1. The van der Waals surface area contributed by atoms with E-state index < -0.39 is 94.7 Å². The SMILES string of the molecule is CCCC[C@@H](NC(C)=O)C(=O)N[C@H]1CCC(=O)NCCCCNC(=O)[C@H](Cc2c[nH]c3ccccc23)NC(=O)[C@H](CCCNC(=N)N)NC(=O)[C@@H](Cc2cccc3ccccc23)NC(=O)[C@H](CC[S+](C)[O-])NC1=O. The Hall–Kier alpha value is -7.20. The largest absolute Gasteiger partial charge is 0.617 e. The number of hydrogen-bond acceptors (Lipinski definition) is 10. The van der Waals surface area contributed by atoms with Gasteiger partial charge < -0.3 is 63.1 Å². The molecule has 1 saturated heterocycles. The fourth-order valence-corrected chi connectivity index (χ4v) is 9.28. The van der Waals surface area contributed by atoms with Gasteiger partial charge in [0.25, 0.3) is 0 Å². The number of H-pyrrole nitrogens is 1. The number of benzene rings is 3. The number of amides is 8. The molecule has 0 bridgehead atoms. The summed E-state index contributed by atoms with van der Waals surface area (Å²) < 4.78 is 12.5. The van der Waals surface area contributed by atoms with Gasteiger partial charge in [-0.25, -0.2) is 0 Å². The molecule has 1 fully saturated rings. The molecule has 0 aliphatic carbocycles. The molecule has 1 aromatic heterocycles.